The first-order valence-corrected chi connectivity index (χ1v) is 11.8. The fraction of sp³-hybridized carbons (Fsp3) is 0.250. The highest BCUT2D eigenvalue weighted by atomic mass is 16.5. The highest BCUT2D eigenvalue weighted by molar-refractivity contribution is 5.96. The summed E-state index contributed by atoms with van der Waals surface area (Å²) in [6, 6.07) is 23.9. The number of hydrogen-bond acceptors (Lipinski definition) is 5. The molecule has 1 fully saturated rings. The van der Waals surface area contributed by atoms with Crippen LogP contribution in [0.3, 0.4) is 0 Å². The Labute approximate surface area is 199 Å². The van der Waals surface area contributed by atoms with Gasteiger partial charge in [0.15, 0.2) is 0 Å². The molecule has 0 spiro atoms. The molecule has 0 saturated heterocycles. The summed E-state index contributed by atoms with van der Waals surface area (Å²) in [7, 11) is 0. The average molecular weight is 453 g/mol. The molecule has 2 aromatic carbocycles. The molecular weight excluding hydrogens is 424 g/mol. The van der Waals surface area contributed by atoms with Gasteiger partial charge < -0.3 is 15.4 Å². The molecular formula is C28H28N4O2. The fourth-order valence-corrected chi connectivity index (χ4v) is 4.36. The van der Waals surface area contributed by atoms with Crippen LogP contribution in [-0.4, -0.2) is 28.0 Å². The van der Waals surface area contributed by atoms with E-state index in [1.54, 1.807) is 18.3 Å². The number of aryl methyl sites for hydroxylation is 1. The molecule has 0 aliphatic heterocycles. The van der Waals surface area contributed by atoms with E-state index in [2.05, 4.69) is 27.8 Å². The van der Waals surface area contributed by atoms with Crippen molar-refractivity contribution < 1.29 is 9.53 Å². The molecule has 0 bridgehead atoms. The predicted molar refractivity (Wildman–Crippen MR) is 134 cm³/mol. The zero-order valence-corrected chi connectivity index (χ0v) is 19.2. The average Bonchev–Trinajstić information content (AvgIpc) is 2.87. The van der Waals surface area contributed by atoms with Crippen LogP contribution in [0.4, 0.5) is 5.82 Å². The van der Waals surface area contributed by atoms with Gasteiger partial charge in [0.1, 0.15) is 17.1 Å². The van der Waals surface area contributed by atoms with Crippen molar-refractivity contribution in [2.45, 2.75) is 44.7 Å². The molecule has 2 N–H and O–H groups in total. The summed E-state index contributed by atoms with van der Waals surface area (Å²) in [6.45, 7) is 2.02. The molecule has 1 aliphatic rings. The molecule has 6 nitrogen and oxygen atoms in total. The van der Waals surface area contributed by atoms with Gasteiger partial charge in [-0.05, 0) is 75.1 Å². The number of para-hydroxylation sites is 1. The SMILES string of the molecule is Cc1ccc(Oc2ncccc2C(=O)NC2CCC(Nc3ccc4ccccc4n3)CC2)cc1. The fourth-order valence-electron chi connectivity index (χ4n) is 4.36. The van der Waals surface area contributed by atoms with Gasteiger partial charge in [0.2, 0.25) is 5.88 Å². The number of benzene rings is 2. The van der Waals surface area contributed by atoms with Gasteiger partial charge in [-0.15, -0.1) is 0 Å². The maximum Gasteiger partial charge on any atom is 0.257 e. The van der Waals surface area contributed by atoms with Crippen molar-refractivity contribution in [2.75, 3.05) is 5.32 Å². The Morgan fingerprint density at radius 3 is 2.47 bits per heavy atom. The number of rotatable bonds is 6. The molecule has 6 heteroatoms. The number of amides is 1. The molecule has 0 atom stereocenters. The van der Waals surface area contributed by atoms with Crippen molar-refractivity contribution in [2.24, 2.45) is 0 Å². The van der Waals surface area contributed by atoms with Crippen LogP contribution in [0.25, 0.3) is 10.9 Å². The lowest BCUT2D eigenvalue weighted by Gasteiger charge is -2.30. The van der Waals surface area contributed by atoms with Gasteiger partial charge in [-0.2, -0.15) is 0 Å². The van der Waals surface area contributed by atoms with Crippen molar-refractivity contribution in [1.29, 1.82) is 0 Å². The summed E-state index contributed by atoms with van der Waals surface area (Å²) < 4.78 is 5.90. The molecule has 172 valence electrons. The van der Waals surface area contributed by atoms with Crippen LogP contribution in [0.1, 0.15) is 41.6 Å². The Hall–Kier alpha value is -3.93. The number of aromatic nitrogens is 2. The number of hydrogen-bond donors (Lipinski definition) is 2. The van der Waals surface area contributed by atoms with Crippen LogP contribution in [0.2, 0.25) is 0 Å². The summed E-state index contributed by atoms with van der Waals surface area (Å²) in [5.41, 5.74) is 2.59. The van der Waals surface area contributed by atoms with Crippen LogP contribution < -0.4 is 15.4 Å². The Balaban J connectivity index is 1.17. The minimum atomic E-state index is -0.150. The smallest absolute Gasteiger partial charge is 0.257 e. The first-order valence-electron chi connectivity index (χ1n) is 11.8. The number of fused-ring (bicyclic) bond motifs is 1. The standard InChI is InChI=1S/C28H28N4O2/c1-19-8-15-23(16-9-19)34-28-24(6-4-18-29-28)27(33)31-22-13-11-21(12-14-22)30-26-17-10-20-5-2-3-7-25(20)32-26/h2-10,15-18,21-22H,11-14H2,1H3,(H,30,32)(H,31,33). The minimum absolute atomic E-state index is 0.127. The van der Waals surface area contributed by atoms with Gasteiger partial charge in [-0.3, -0.25) is 4.79 Å². The van der Waals surface area contributed by atoms with Crippen LogP contribution in [0, 0.1) is 6.92 Å². The zero-order valence-electron chi connectivity index (χ0n) is 19.2. The van der Waals surface area contributed by atoms with Gasteiger partial charge in [0, 0.05) is 23.7 Å². The molecule has 34 heavy (non-hydrogen) atoms. The lowest BCUT2D eigenvalue weighted by molar-refractivity contribution is 0.0923. The van der Waals surface area contributed by atoms with Crippen LogP contribution >= 0.6 is 0 Å². The maximum atomic E-state index is 13.0. The number of carbonyl (C=O) groups is 1. The third-order valence-corrected chi connectivity index (χ3v) is 6.26. The van der Waals surface area contributed by atoms with Gasteiger partial charge in [0.25, 0.3) is 5.91 Å². The second-order valence-electron chi connectivity index (χ2n) is 8.83. The van der Waals surface area contributed by atoms with E-state index < -0.39 is 0 Å². The Bertz CT molecular complexity index is 1280. The molecule has 2 heterocycles. The van der Waals surface area contributed by atoms with Crippen molar-refractivity contribution in [3.05, 3.63) is 90.1 Å². The third kappa shape index (κ3) is 5.17. The summed E-state index contributed by atoms with van der Waals surface area (Å²) in [5, 5.41) is 7.88. The molecule has 4 aromatic rings. The van der Waals surface area contributed by atoms with E-state index in [4.69, 9.17) is 9.72 Å². The van der Waals surface area contributed by atoms with Gasteiger partial charge in [-0.25, -0.2) is 9.97 Å². The topological polar surface area (TPSA) is 76.1 Å². The lowest BCUT2D eigenvalue weighted by Crippen LogP contribution is -2.40. The lowest BCUT2D eigenvalue weighted by atomic mass is 9.91. The van der Waals surface area contributed by atoms with Crippen LogP contribution in [-0.2, 0) is 0 Å². The van der Waals surface area contributed by atoms with Crippen molar-refractivity contribution >= 4 is 22.6 Å². The van der Waals surface area contributed by atoms with Crippen molar-refractivity contribution in [3.63, 3.8) is 0 Å². The first kappa shape index (κ1) is 21.9. The van der Waals surface area contributed by atoms with Gasteiger partial charge in [-0.1, -0.05) is 35.9 Å². The molecule has 0 radical (unpaired) electrons. The second kappa shape index (κ2) is 9.91. The van der Waals surface area contributed by atoms with E-state index in [-0.39, 0.29) is 11.9 Å². The highest BCUT2D eigenvalue weighted by Crippen LogP contribution is 2.26. The Morgan fingerprint density at radius 2 is 1.65 bits per heavy atom. The highest BCUT2D eigenvalue weighted by Gasteiger charge is 2.24. The van der Waals surface area contributed by atoms with E-state index in [1.165, 1.54) is 0 Å². The second-order valence-corrected chi connectivity index (χ2v) is 8.83. The predicted octanol–water partition coefficient (Wildman–Crippen LogP) is 5.88. The van der Waals surface area contributed by atoms with E-state index in [1.807, 2.05) is 55.5 Å². The summed E-state index contributed by atoms with van der Waals surface area (Å²) in [6.07, 6.45) is 5.40. The molecule has 1 saturated carbocycles. The molecule has 1 aliphatic carbocycles. The number of carbonyl (C=O) groups excluding carboxylic acids is 1. The van der Waals surface area contributed by atoms with Crippen molar-refractivity contribution in [3.8, 4) is 11.6 Å². The molecule has 2 aromatic heterocycles. The van der Waals surface area contributed by atoms with Crippen molar-refractivity contribution in [1.82, 2.24) is 15.3 Å². The van der Waals surface area contributed by atoms with Gasteiger partial charge in [0.05, 0.1) is 5.52 Å². The first-order chi connectivity index (χ1) is 16.6. The van der Waals surface area contributed by atoms with Crippen LogP contribution in [0.5, 0.6) is 11.6 Å². The number of anilines is 1. The number of ether oxygens (including phenoxy) is 1. The quantitative estimate of drug-likeness (QED) is 0.382. The normalized spacial score (nSPS) is 17.8. The zero-order chi connectivity index (χ0) is 23.3. The minimum Gasteiger partial charge on any atom is -0.438 e. The van der Waals surface area contributed by atoms with E-state index in [9.17, 15) is 4.79 Å². The summed E-state index contributed by atoms with van der Waals surface area (Å²) >= 11 is 0. The Morgan fingerprint density at radius 1 is 0.882 bits per heavy atom. The number of nitrogens with one attached hydrogen (secondary N) is 2. The van der Waals surface area contributed by atoms with Gasteiger partial charge >= 0.3 is 0 Å². The summed E-state index contributed by atoms with van der Waals surface area (Å²) in [4.78, 5) is 22.0. The third-order valence-electron chi connectivity index (χ3n) is 6.26. The van der Waals surface area contributed by atoms with E-state index >= 15 is 0 Å². The molecule has 5 rings (SSSR count). The number of pyridine rings is 2. The maximum absolute atomic E-state index is 13.0. The largest absolute Gasteiger partial charge is 0.438 e. The molecule has 1 amide bonds. The van der Waals surface area contributed by atoms with E-state index in [0.717, 1.165) is 48.0 Å². The molecule has 0 unspecified atom stereocenters. The Kier molecular flexibility index (Phi) is 6.38. The number of nitrogens with zero attached hydrogens (tertiary/aromatic N) is 2. The monoisotopic (exact) mass is 452 g/mol. The van der Waals surface area contributed by atoms with E-state index in [0.29, 0.717) is 23.2 Å². The van der Waals surface area contributed by atoms with Crippen LogP contribution in [0.15, 0.2) is 79.0 Å². The summed E-state index contributed by atoms with van der Waals surface area (Å²) in [5.74, 6) is 1.73.